The molecule has 2 atom stereocenters. The van der Waals surface area contributed by atoms with Crippen LogP contribution in [0.2, 0.25) is 0 Å². The van der Waals surface area contributed by atoms with Gasteiger partial charge in [0.1, 0.15) is 0 Å². The fourth-order valence-electron chi connectivity index (χ4n) is 2.64. The van der Waals surface area contributed by atoms with E-state index in [1.807, 2.05) is 11.8 Å². The number of anilines is 1. The molecule has 1 N–H and O–H groups in total. The fraction of sp³-hybridized carbons (Fsp3) is 0.538. The maximum absolute atomic E-state index is 11.2. The van der Waals surface area contributed by atoms with Crippen molar-refractivity contribution in [2.75, 3.05) is 11.4 Å². The Hall–Kier alpha value is -2.18. The quantitative estimate of drug-likeness (QED) is 0.673. The standard InChI is InChI=1S/C13H17N3O4/c1-8-3-4-15(9(2)5-8)12-11(16(19)20)6-10(7-14-12)13(17)18/h6-9H,3-5H2,1-2H3,(H,17,18). The zero-order valence-corrected chi connectivity index (χ0v) is 11.4. The average Bonchev–Trinajstić information content (AvgIpc) is 2.38. The minimum atomic E-state index is -1.22. The molecule has 2 unspecified atom stereocenters. The molecule has 1 fully saturated rings. The van der Waals surface area contributed by atoms with Crippen molar-refractivity contribution in [3.05, 3.63) is 27.9 Å². The van der Waals surface area contributed by atoms with Crippen LogP contribution in [0.5, 0.6) is 0 Å². The van der Waals surface area contributed by atoms with Crippen LogP contribution in [0.3, 0.4) is 0 Å². The molecule has 1 aromatic heterocycles. The summed E-state index contributed by atoms with van der Waals surface area (Å²) in [5.74, 6) is -0.370. The van der Waals surface area contributed by atoms with Crippen LogP contribution < -0.4 is 4.90 Å². The molecule has 7 nitrogen and oxygen atoms in total. The van der Waals surface area contributed by atoms with E-state index < -0.39 is 10.9 Å². The first kappa shape index (κ1) is 14.2. The summed E-state index contributed by atoms with van der Waals surface area (Å²) in [6.45, 7) is 4.86. The van der Waals surface area contributed by atoms with E-state index in [1.165, 1.54) is 6.20 Å². The molecular weight excluding hydrogens is 262 g/mol. The van der Waals surface area contributed by atoms with E-state index in [0.29, 0.717) is 12.5 Å². The SMILES string of the molecule is CC1CCN(c2ncc(C(=O)O)cc2[N+](=O)[O-])C(C)C1. The van der Waals surface area contributed by atoms with Crippen LogP contribution >= 0.6 is 0 Å². The van der Waals surface area contributed by atoms with Crippen molar-refractivity contribution < 1.29 is 14.8 Å². The number of pyridine rings is 1. The number of carboxylic acid groups (broad SMARTS) is 1. The predicted octanol–water partition coefficient (Wildman–Crippen LogP) is 2.31. The number of nitro groups is 1. The fourth-order valence-corrected chi connectivity index (χ4v) is 2.64. The topological polar surface area (TPSA) is 96.6 Å². The third-order valence-corrected chi connectivity index (χ3v) is 3.70. The predicted molar refractivity (Wildman–Crippen MR) is 73.1 cm³/mol. The summed E-state index contributed by atoms with van der Waals surface area (Å²) in [6.07, 6.45) is 3.07. The van der Waals surface area contributed by atoms with Gasteiger partial charge in [-0.2, -0.15) is 0 Å². The van der Waals surface area contributed by atoms with Crippen molar-refractivity contribution in [1.82, 2.24) is 4.98 Å². The van der Waals surface area contributed by atoms with Gasteiger partial charge in [-0.25, -0.2) is 9.78 Å². The van der Waals surface area contributed by atoms with Gasteiger partial charge in [0.25, 0.3) is 0 Å². The Morgan fingerprint density at radius 1 is 1.55 bits per heavy atom. The minimum absolute atomic E-state index is 0.153. The summed E-state index contributed by atoms with van der Waals surface area (Å²) in [5.41, 5.74) is -0.412. The molecule has 0 bridgehead atoms. The smallest absolute Gasteiger partial charge is 0.337 e. The molecule has 108 valence electrons. The van der Waals surface area contributed by atoms with Crippen molar-refractivity contribution in [2.24, 2.45) is 5.92 Å². The molecule has 1 aromatic rings. The maximum atomic E-state index is 11.2. The molecule has 2 heterocycles. The molecule has 20 heavy (non-hydrogen) atoms. The van der Waals surface area contributed by atoms with Gasteiger partial charge in [-0.1, -0.05) is 6.92 Å². The summed E-state index contributed by atoms with van der Waals surface area (Å²) < 4.78 is 0. The number of nitrogens with zero attached hydrogens (tertiary/aromatic N) is 3. The lowest BCUT2D eigenvalue weighted by Gasteiger charge is -2.36. The second kappa shape index (κ2) is 5.44. The molecule has 7 heteroatoms. The number of hydrogen-bond acceptors (Lipinski definition) is 5. The van der Waals surface area contributed by atoms with Gasteiger partial charge in [0, 0.05) is 24.8 Å². The summed E-state index contributed by atoms with van der Waals surface area (Å²) in [7, 11) is 0. The zero-order valence-electron chi connectivity index (χ0n) is 11.4. The van der Waals surface area contributed by atoms with Crippen LogP contribution in [-0.2, 0) is 0 Å². The van der Waals surface area contributed by atoms with Crippen molar-refractivity contribution in [3.8, 4) is 0 Å². The second-order valence-electron chi connectivity index (χ2n) is 5.30. The Labute approximate surface area is 116 Å². The lowest BCUT2D eigenvalue weighted by atomic mass is 9.93. The Morgan fingerprint density at radius 2 is 2.25 bits per heavy atom. The van der Waals surface area contributed by atoms with E-state index in [-0.39, 0.29) is 23.1 Å². The first-order valence-corrected chi connectivity index (χ1v) is 6.54. The van der Waals surface area contributed by atoms with Crippen LogP contribution in [0.1, 0.15) is 37.0 Å². The molecule has 0 radical (unpaired) electrons. The lowest BCUT2D eigenvalue weighted by Crippen LogP contribution is -2.41. The van der Waals surface area contributed by atoms with Crippen molar-refractivity contribution >= 4 is 17.5 Å². The third-order valence-electron chi connectivity index (χ3n) is 3.70. The number of carbonyl (C=O) groups is 1. The lowest BCUT2D eigenvalue weighted by molar-refractivity contribution is -0.384. The van der Waals surface area contributed by atoms with Crippen LogP contribution in [0.15, 0.2) is 12.3 Å². The second-order valence-corrected chi connectivity index (χ2v) is 5.30. The van der Waals surface area contributed by atoms with Crippen LogP contribution in [-0.4, -0.2) is 33.6 Å². The summed E-state index contributed by atoms with van der Waals surface area (Å²) in [6, 6.07) is 1.23. The highest BCUT2D eigenvalue weighted by Crippen LogP contribution is 2.32. The summed E-state index contributed by atoms with van der Waals surface area (Å²) >= 11 is 0. The van der Waals surface area contributed by atoms with E-state index >= 15 is 0 Å². The van der Waals surface area contributed by atoms with Crippen molar-refractivity contribution in [3.63, 3.8) is 0 Å². The number of aromatic carboxylic acids is 1. The molecule has 0 spiro atoms. The number of aromatic nitrogens is 1. The Balaban J connectivity index is 2.40. The number of piperidine rings is 1. The van der Waals surface area contributed by atoms with Gasteiger partial charge in [-0.3, -0.25) is 10.1 Å². The van der Waals surface area contributed by atoms with Gasteiger partial charge in [0.2, 0.25) is 5.82 Å². The Kier molecular flexibility index (Phi) is 3.87. The summed E-state index contributed by atoms with van der Waals surface area (Å²) in [4.78, 5) is 27.4. The van der Waals surface area contributed by atoms with Gasteiger partial charge < -0.3 is 10.0 Å². The first-order chi connectivity index (χ1) is 9.40. The van der Waals surface area contributed by atoms with Gasteiger partial charge in [0.15, 0.2) is 0 Å². The Bertz CT molecular complexity index is 546. The van der Waals surface area contributed by atoms with E-state index in [0.717, 1.165) is 18.9 Å². The molecule has 2 rings (SSSR count). The Morgan fingerprint density at radius 3 is 2.80 bits per heavy atom. The molecule has 1 saturated heterocycles. The first-order valence-electron chi connectivity index (χ1n) is 6.54. The van der Waals surface area contributed by atoms with E-state index in [9.17, 15) is 14.9 Å². The highest BCUT2D eigenvalue weighted by atomic mass is 16.6. The van der Waals surface area contributed by atoms with E-state index in [4.69, 9.17) is 5.11 Å². The monoisotopic (exact) mass is 279 g/mol. The average molecular weight is 279 g/mol. The van der Waals surface area contributed by atoms with E-state index in [1.54, 1.807) is 0 Å². The van der Waals surface area contributed by atoms with Gasteiger partial charge in [-0.05, 0) is 25.7 Å². The van der Waals surface area contributed by atoms with Crippen LogP contribution in [0, 0.1) is 16.0 Å². The minimum Gasteiger partial charge on any atom is -0.478 e. The number of hydrogen-bond donors (Lipinski definition) is 1. The molecule has 0 aromatic carbocycles. The highest BCUT2D eigenvalue weighted by Gasteiger charge is 2.30. The van der Waals surface area contributed by atoms with Crippen molar-refractivity contribution in [2.45, 2.75) is 32.7 Å². The highest BCUT2D eigenvalue weighted by molar-refractivity contribution is 5.88. The van der Waals surface area contributed by atoms with Gasteiger partial charge in [-0.15, -0.1) is 0 Å². The number of carboxylic acids is 1. The largest absolute Gasteiger partial charge is 0.478 e. The third kappa shape index (κ3) is 2.71. The van der Waals surface area contributed by atoms with Gasteiger partial charge >= 0.3 is 11.7 Å². The molecule has 1 aliphatic heterocycles. The van der Waals surface area contributed by atoms with Crippen LogP contribution in [0.4, 0.5) is 11.5 Å². The summed E-state index contributed by atoms with van der Waals surface area (Å²) in [5, 5.41) is 20.1. The van der Waals surface area contributed by atoms with Crippen molar-refractivity contribution in [1.29, 1.82) is 0 Å². The molecular formula is C13H17N3O4. The maximum Gasteiger partial charge on any atom is 0.337 e. The van der Waals surface area contributed by atoms with E-state index in [2.05, 4.69) is 11.9 Å². The van der Waals surface area contributed by atoms with Crippen LogP contribution in [0.25, 0.3) is 0 Å². The van der Waals surface area contributed by atoms with Gasteiger partial charge in [0.05, 0.1) is 10.5 Å². The molecule has 0 saturated carbocycles. The molecule has 1 aliphatic rings. The number of rotatable bonds is 3. The normalized spacial score (nSPS) is 22.6. The molecule has 0 aliphatic carbocycles. The zero-order chi connectivity index (χ0) is 14.9. The molecule has 0 amide bonds.